The van der Waals surface area contributed by atoms with E-state index in [1.165, 1.54) is 0 Å². The van der Waals surface area contributed by atoms with Crippen LogP contribution in [0.1, 0.15) is 17.3 Å². The Bertz CT molecular complexity index is 621. The van der Waals surface area contributed by atoms with E-state index in [2.05, 4.69) is 4.74 Å². The van der Waals surface area contributed by atoms with E-state index in [0.717, 1.165) is 24.5 Å². The van der Waals surface area contributed by atoms with Crippen molar-refractivity contribution < 1.29 is 36.2 Å². The van der Waals surface area contributed by atoms with Crippen LogP contribution in [0.25, 0.3) is 0 Å². The normalized spacial score (nSPS) is 13.8. The van der Waals surface area contributed by atoms with E-state index in [0.29, 0.717) is 6.92 Å². The number of aromatic carboxylic acids is 1. The predicted molar refractivity (Wildman–Crippen MR) is 62.7 cm³/mol. The Morgan fingerprint density at radius 2 is 1.90 bits per heavy atom. The van der Waals surface area contributed by atoms with Crippen LogP contribution in [0, 0.1) is 0 Å². The number of rotatable bonds is 4. The maximum atomic E-state index is 12.5. The number of carboxylic acid groups (broad SMARTS) is 1. The Labute approximate surface area is 112 Å². The second-order valence-corrected chi connectivity index (χ2v) is 6.00. The van der Waals surface area contributed by atoms with Gasteiger partial charge in [-0.3, -0.25) is 0 Å². The van der Waals surface area contributed by atoms with Gasteiger partial charge in [0.05, 0.1) is 0 Å². The molecule has 0 aliphatic rings. The smallest absolute Gasteiger partial charge is 0.425 e. The summed E-state index contributed by atoms with van der Waals surface area (Å²) in [4.78, 5) is 10.4. The molecule has 0 spiro atoms. The summed E-state index contributed by atoms with van der Waals surface area (Å²) < 4.78 is 65.0. The highest BCUT2D eigenvalue weighted by Crippen LogP contribution is 2.32. The lowest BCUT2D eigenvalue weighted by Gasteiger charge is -2.20. The van der Waals surface area contributed by atoms with Gasteiger partial charge in [0.25, 0.3) is 0 Å². The van der Waals surface area contributed by atoms with Crippen LogP contribution in [0.4, 0.5) is 13.2 Å². The fraction of sp³-hybridized carbons (Fsp3) is 0.364. The summed E-state index contributed by atoms with van der Waals surface area (Å²) in [6, 6.07) is 3.07. The second-order valence-electron chi connectivity index (χ2n) is 4.01. The first kappa shape index (κ1) is 16.3. The van der Waals surface area contributed by atoms with E-state index < -0.39 is 44.3 Å². The first-order valence-corrected chi connectivity index (χ1v) is 7.13. The molecule has 0 unspecified atom stereocenters. The number of carbonyl (C=O) groups is 1. The monoisotopic (exact) mass is 312 g/mol. The molecule has 0 fully saturated rings. The number of alkyl halides is 3. The molecule has 20 heavy (non-hydrogen) atoms. The first-order valence-electron chi connectivity index (χ1n) is 5.24. The van der Waals surface area contributed by atoms with E-state index in [4.69, 9.17) is 5.11 Å². The lowest BCUT2D eigenvalue weighted by atomic mass is 10.2. The first-order chi connectivity index (χ1) is 8.94. The minimum atomic E-state index is -4.75. The number of halogens is 3. The van der Waals surface area contributed by atoms with Crippen LogP contribution in [0.15, 0.2) is 23.1 Å². The largest absolute Gasteiger partial charge is 0.479 e. The molecular weight excluding hydrogens is 301 g/mol. The van der Waals surface area contributed by atoms with Crippen molar-refractivity contribution in [3.63, 3.8) is 0 Å². The molecule has 0 saturated heterocycles. The third-order valence-electron chi connectivity index (χ3n) is 2.36. The number of sulfone groups is 1. The van der Waals surface area contributed by atoms with Crippen LogP contribution in [0.5, 0.6) is 5.75 Å². The van der Waals surface area contributed by atoms with E-state index in [-0.39, 0.29) is 0 Å². The molecule has 0 radical (unpaired) electrons. The van der Waals surface area contributed by atoms with Crippen molar-refractivity contribution in [1.82, 2.24) is 0 Å². The van der Waals surface area contributed by atoms with E-state index >= 15 is 0 Å². The number of benzene rings is 1. The molecule has 0 aliphatic carbocycles. The summed E-state index contributed by atoms with van der Waals surface area (Å²) in [5.41, 5.74) is -0.649. The van der Waals surface area contributed by atoms with Crippen molar-refractivity contribution >= 4 is 15.8 Å². The summed E-state index contributed by atoms with van der Waals surface area (Å²) >= 11 is 0. The van der Waals surface area contributed by atoms with Gasteiger partial charge in [-0.05, 0) is 19.1 Å². The molecule has 5 nitrogen and oxygen atoms in total. The molecule has 0 aliphatic heterocycles. The number of ether oxygens (including phenoxy) is 1. The van der Waals surface area contributed by atoms with E-state index in [1.807, 2.05) is 0 Å². The van der Waals surface area contributed by atoms with Crippen molar-refractivity contribution in [2.24, 2.45) is 0 Å². The topological polar surface area (TPSA) is 80.7 Å². The number of para-hydroxylation sites is 1. The van der Waals surface area contributed by atoms with Gasteiger partial charge in [-0.25, -0.2) is 13.2 Å². The SMILES string of the molecule is C[C@@H](Oc1c(C(=O)O)cccc1S(C)(=O)=O)C(F)(F)F. The van der Waals surface area contributed by atoms with Crippen molar-refractivity contribution in [2.75, 3.05) is 6.26 Å². The van der Waals surface area contributed by atoms with Crippen LogP contribution in [-0.2, 0) is 9.84 Å². The Morgan fingerprint density at radius 1 is 1.35 bits per heavy atom. The zero-order valence-electron chi connectivity index (χ0n) is 10.4. The van der Waals surface area contributed by atoms with Crippen molar-refractivity contribution in [3.05, 3.63) is 23.8 Å². The van der Waals surface area contributed by atoms with Gasteiger partial charge in [0.1, 0.15) is 10.5 Å². The number of hydrogen-bond donors (Lipinski definition) is 1. The summed E-state index contributed by atoms with van der Waals surface area (Å²) in [6.45, 7) is 0.657. The Balaban J connectivity index is 3.45. The molecule has 0 heterocycles. The van der Waals surface area contributed by atoms with Gasteiger partial charge in [0.15, 0.2) is 21.7 Å². The predicted octanol–water partition coefficient (Wildman–Crippen LogP) is 2.12. The molecule has 112 valence electrons. The highest BCUT2D eigenvalue weighted by Gasteiger charge is 2.39. The molecule has 9 heteroatoms. The molecule has 1 atom stereocenters. The maximum Gasteiger partial charge on any atom is 0.425 e. The Hall–Kier alpha value is -1.77. The Morgan fingerprint density at radius 3 is 2.30 bits per heavy atom. The molecule has 0 aromatic heterocycles. The second kappa shape index (κ2) is 5.31. The molecule has 0 bridgehead atoms. The van der Waals surface area contributed by atoms with Gasteiger partial charge in [0, 0.05) is 6.26 Å². The van der Waals surface area contributed by atoms with Crippen molar-refractivity contribution in [1.29, 1.82) is 0 Å². The highest BCUT2D eigenvalue weighted by atomic mass is 32.2. The molecule has 0 saturated carbocycles. The van der Waals surface area contributed by atoms with Gasteiger partial charge in [-0.1, -0.05) is 6.07 Å². The van der Waals surface area contributed by atoms with Crippen LogP contribution < -0.4 is 4.74 Å². The minimum absolute atomic E-state index is 0.603. The van der Waals surface area contributed by atoms with Gasteiger partial charge in [-0.15, -0.1) is 0 Å². The van der Waals surface area contributed by atoms with E-state index in [9.17, 15) is 26.4 Å². The lowest BCUT2D eigenvalue weighted by molar-refractivity contribution is -0.189. The highest BCUT2D eigenvalue weighted by molar-refractivity contribution is 7.90. The summed E-state index contributed by atoms with van der Waals surface area (Å²) in [5.74, 6) is -2.40. The fourth-order valence-electron chi connectivity index (χ4n) is 1.34. The lowest BCUT2D eigenvalue weighted by Crippen LogP contribution is -2.32. The summed E-state index contributed by atoms with van der Waals surface area (Å²) in [5, 5.41) is 8.92. The van der Waals surface area contributed by atoms with Crippen LogP contribution in [-0.4, -0.2) is 38.0 Å². The zero-order chi connectivity index (χ0) is 15.7. The minimum Gasteiger partial charge on any atom is -0.479 e. The van der Waals surface area contributed by atoms with Crippen LogP contribution in [0.2, 0.25) is 0 Å². The third-order valence-corrected chi connectivity index (χ3v) is 3.48. The van der Waals surface area contributed by atoms with Crippen molar-refractivity contribution in [3.8, 4) is 5.75 Å². The molecule has 1 N–H and O–H groups in total. The number of carboxylic acids is 1. The summed E-state index contributed by atoms with van der Waals surface area (Å²) in [7, 11) is -3.94. The van der Waals surface area contributed by atoms with Gasteiger partial charge >= 0.3 is 12.1 Å². The Kier molecular flexibility index (Phi) is 4.33. The zero-order valence-corrected chi connectivity index (χ0v) is 11.2. The molecule has 1 aromatic rings. The maximum absolute atomic E-state index is 12.5. The molecule has 1 rings (SSSR count). The van der Waals surface area contributed by atoms with Gasteiger partial charge in [0.2, 0.25) is 0 Å². The van der Waals surface area contributed by atoms with Crippen molar-refractivity contribution in [2.45, 2.75) is 24.1 Å². The van der Waals surface area contributed by atoms with Gasteiger partial charge in [-0.2, -0.15) is 13.2 Å². The fourth-order valence-corrected chi connectivity index (χ4v) is 2.16. The standard InChI is InChI=1S/C11H11F3O5S/c1-6(11(12,13)14)19-9-7(10(15)16)4-3-5-8(9)20(2,17)18/h3-6H,1-2H3,(H,15,16)/t6-/m1/s1. The third kappa shape index (κ3) is 3.62. The van der Waals surface area contributed by atoms with E-state index in [1.54, 1.807) is 0 Å². The quantitative estimate of drug-likeness (QED) is 0.921. The summed E-state index contributed by atoms with van der Waals surface area (Å²) in [6.07, 6.45) is -6.34. The van der Waals surface area contributed by atoms with Gasteiger partial charge < -0.3 is 9.84 Å². The molecular formula is C11H11F3O5S. The average molecular weight is 312 g/mol. The van der Waals surface area contributed by atoms with Crippen LogP contribution in [0.3, 0.4) is 0 Å². The molecule has 0 amide bonds. The average Bonchev–Trinajstić information content (AvgIpc) is 2.25. The molecule has 1 aromatic carbocycles. The number of hydrogen-bond acceptors (Lipinski definition) is 4. The van der Waals surface area contributed by atoms with Crippen LogP contribution >= 0.6 is 0 Å².